The van der Waals surface area contributed by atoms with Crippen LogP contribution in [0.25, 0.3) is 16.5 Å². The lowest BCUT2D eigenvalue weighted by Crippen LogP contribution is -2.22. The van der Waals surface area contributed by atoms with Gasteiger partial charge in [-0.25, -0.2) is 0 Å². The van der Waals surface area contributed by atoms with Gasteiger partial charge in [-0.2, -0.15) is 5.26 Å². The normalized spacial score (nSPS) is 22.2. The molecule has 1 saturated heterocycles. The monoisotopic (exact) mass is 476 g/mol. The number of aromatic nitrogens is 1. The number of hydrogen-bond acceptors (Lipinski definition) is 5. The molecule has 6 heteroatoms. The van der Waals surface area contributed by atoms with Crippen LogP contribution >= 0.6 is 0 Å². The first-order chi connectivity index (χ1) is 17.4. The molecule has 0 saturated carbocycles. The fourth-order valence-corrected chi connectivity index (χ4v) is 5.91. The number of hydrogen-bond donors (Lipinski definition) is 2. The third-order valence-electron chi connectivity index (χ3n) is 7.57. The minimum absolute atomic E-state index is 0.0641. The number of rotatable bonds is 5. The second-order valence-corrected chi connectivity index (χ2v) is 9.69. The molecule has 178 valence electrons. The number of nitrogens with zero attached hydrogens (tertiary/aromatic N) is 2. The third kappa shape index (κ3) is 3.03. The Morgan fingerprint density at radius 2 is 1.69 bits per heavy atom. The summed E-state index contributed by atoms with van der Waals surface area (Å²) in [7, 11) is 0. The number of carbonyl (C=O) groups excluding carboxylic acids is 1. The standard InChI is InChI=1S/C30H24N2O4/c1-29-16-17-30(36-29,15-7-12-24(33)19-8-3-2-4-9-19)26-25(29)27(34)32(28(26)35)23-14-13-20(18-31)21-10-5-6-11-22(21)23/h2-14,34-35H,15-17H2,1H3/t29-,30+/m0/s1. The summed E-state index contributed by atoms with van der Waals surface area (Å²) in [5.74, 6) is -0.242. The summed E-state index contributed by atoms with van der Waals surface area (Å²) in [4.78, 5) is 12.6. The lowest BCUT2D eigenvalue weighted by Gasteiger charge is -2.25. The second kappa shape index (κ2) is 7.84. The molecule has 6 nitrogen and oxygen atoms in total. The van der Waals surface area contributed by atoms with Gasteiger partial charge in [-0.15, -0.1) is 0 Å². The topological polar surface area (TPSA) is 95.5 Å². The molecule has 36 heavy (non-hydrogen) atoms. The molecule has 2 bridgehead atoms. The number of fused-ring (bicyclic) bond motifs is 6. The zero-order valence-corrected chi connectivity index (χ0v) is 19.7. The number of allylic oxidation sites excluding steroid dienone is 1. The minimum Gasteiger partial charge on any atom is -0.494 e. The fraction of sp³-hybridized carbons (Fsp3) is 0.200. The molecular weight excluding hydrogens is 452 g/mol. The lowest BCUT2D eigenvalue weighted by molar-refractivity contribution is -0.0773. The van der Waals surface area contributed by atoms with Crippen LogP contribution in [0.5, 0.6) is 11.8 Å². The van der Waals surface area contributed by atoms with E-state index in [0.29, 0.717) is 47.2 Å². The Labute approximate surface area is 208 Å². The van der Waals surface area contributed by atoms with E-state index in [4.69, 9.17) is 4.74 Å². The molecule has 0 aliphatic carbocycles. The van der Waals surface area contributed by atoms with Gasteiger partial charge >= 0.3 is 0 Å². The van der Waals surface area contributed by atoms with Crippen LogP contribution in [0.15, 0.2) is 78.9 Å². The van der Waals surface area contributed by atoms with E-state index in [0.717, 1.165) is 10.8 Å². The number of aromatic hydroxyl groups is 2. The summed E-state index contributed by atoms with van der Waals surface area (Å²) in [6.45, 7) is 1.93. The largest absolute Gasteiger partial charge is 0.494 e. The molecule has 1 aromatic heterocycles. The molecule has 2 atom stereocenters. The van der Waals surface area contributed by atoms with Crippen LogP contribution in [0.1, 0.15) is 53.2 Å². The van der Waals surface area contributed by atoms with Crippen molar-refractivity contribution in [3.05, 3.63) is 101 Å². The molecular formula is C30H24N2O4. The van der Waals surface area contributed by atoms with Crippen molar-refractivity contribution in [2.24, 2.45) is 0 Å². The quantitative estimate of drug-likeness (QED) is 0.273. The Morgan fingerprint density at radius 3 is 2.44 bits per heavy atom. The highest BCUT2D eigenvalue weighted by atomic mass is 16.5. The van der Waals surface area contributed by atoms with E-state index < -0.39 is 11.2 Å². The van der Waals surface area contributed by atoms with Gasteiger partial charge in [-0.05, 0) is 44.4 Å². The smallest absolute Gasteiger partial charge is 0.205 e. The summed E-state index contributed by atoms with van der Waals surface area (Å²) < 4.78 is 7.94. The number of nitriles is 1. The molecule has 0 amide bonds. The fourth-order valence-electron chi connectivity index (χ4n) is 5.91. The van der Waals surface area contributed by atoms with Crippen LogP contribution in [0.4, 0.5) is 0 Å². The van der Waals surface area contributed by atoms with Gasteiger partial charge in [0.15, 0.2) is 5.78 Å². The molecule has 3 aromatic carbocycles. The SMILES string of the molecule is C[C@@]12CC[C@@](CC=CC(=O)c3ccccc3)(O1)c1c2c(O)n(-c2ccc(C#N)c3ccccc23)c1O. The van der Waals surface area contributed by atoms with E-state index >= 15 is 0 Å². The van der Waals surface area contributed by atoms with Gasteiger partial charge in [0.1, 0.15) is 5.60 Å². The molecule has 1 fully saturated rings. The first kappa shape index (κ1) is 22.1. The molecule has 2 aliphatic rings. The predicted octanol–water partition coefficient (Wildman–Crippen LogP) is 5.98. The number of ketones is 1. The van der Waals surface area contributed by atoms with Crippen LogP contribution in [0, 0.1) is 11.3 Å². The van der Waals surface area contributed by atoms with E-state index in [1.54, 1.807) is 36.4 Å². The van der Waals surface area contributed by atoms with Crippen LogP contribution in [-0.4, -0.2) is 20.6 Å². The van der Waals surface area contributed by atoms with Gasteiger partial charge < -0.3 is 14.9 Å². The van der Waals surface area contributed by atoms with E-state index in [1.165, 1.54) is 4.57 Å². The average Bonchev–Trinajstić information content (AvgIpc) is 3.48. The Kier molecular flexibility index (Phi) is 4.82. The average molecular weight is 477 g/mol. The Bertz CT molecular complexity index is 1610. The van der Waals surface area contributed by atoms with Crippen LogP contribution in [0.2, 0.25) is 0 Å². The van der Waals surface area contributed by atoms with E-state index in [9.17, 15) is 20.3 Å². The van der Waals surface area contributed by atoms with Crippen molar-refractivity contribution in [3.8, 4) is 23.5 Å². The summed E-state index contributed by atoms with van der Waals surface area (Å²) in [5, 5.41) is 34.0. The Balaban J connectivity index is 1.45. The predicted molar refractivity (Wildman–Crippen MR) is 135 cm³/mol. The van der Waals surface area contributed by atoms with Crippen molar-refractivity contribution in [2.75, 3.05) is 0 Å². The van der Waals surface area contributed by atoms with Gasteiger partial charge in [-0.3, -0.25) is 9.36 Å². The van der Waals surface area contributed by atoms with Gasteiger partial charge in [0.25, 0.3) is 0 Å². The van der Waals surface area contributed by atoms with Crippen molar-refractivity contribution in [2.45, 2.75) is 37.4 Å². The maximum atomic E-state index is 12.6. The summed E-state index contributed by atoms with van der Waals surface area (Å²) >= 11 is 0. The first-order valence-corrected chi connectivity index (χ1v) is 11.9. The Morgan fingerprint density at radius 1 is 1.00 bits per heavy atom. The van der Waals surface area contributed by atoms with Crippen LogP contribution in [0.3, 0.4) is 0 Å². The molecule has 3 heterocycles. The summed E-state index contributed by atoms with van der Waals surface area (Å²) in [6, 6.07) is 22.1. The van der Waals surface area contributed by atoms with Crippen molar-refractivity contribution >= 4 is 16.6 Å². The van der Waals surface area contributed by atoms with E-state index in [-0.39, 0.29) is 17.5 Å². The second-order valence-electron chi connectivity index (χ2n) is 9.69. The van der Waals surface area contributed by atoms with Gasteiger partial charge in [0, 0.05) is 16.3 Å². The first-order valence-electron chi connectivity index (χ1n) is 11.9. The number of ether oxygens (including phenoxy) is 1. The van der Waals surface area contributed by atoms with Crippen molar-refractivity contribution in [1.82, 2.24) is 4.57 Å². The summed E-state index contributed by atoms with van der Waals surface area (Å²) in [6.07, 6.45) is 5.07. The third-order valence-corrected chi connectivity index (χ3v) is 7.57. The van der Waals surface area contributed by atoms with E-state index in [1.807, 2.05) is 49.4 Å². The zero-order chi connectivity index (χ0) is 25.1. The van der Waals surface area contributed by atoms with Crippen molar-refractivity contribution < 1.29 is 19.7 Å². The van der Waals surface area contributed by atoms with Crippen LogP contribution in [-0.2, 0) is 15.9 Å². The highest BCUT2D eigenvalue weighted by Gasteiger charge is 2.61. The van der Waals surface area contributed by atoms with Gasteiger partial charge in [0.05, 0.1) is 34.0 Å². The zero-order valence-electron chi connectivity index (χ0n) is 19.7. The molecule has 2 N–H and O–H groups in total. The minimum atomic E-state index is -0.841. The molecule has 0 spiro atoms. The van der Waals surface area contributed by atoms with Gasteiger partial charge in [-0.1, -0.05) is 60.7 Å². The maximum absolute atomic E-state index is 12.6. The summed E-state index contributed by atoms with van der Waals surface area (Å²) in [5.41, 5.74) is 1.28. The number of benzene rings is 3. The molecule has 0 radical (unpaired) electrons. The van der Waals surface area contributed by atoms with E-state index in [2.05, 4.69) is 6.07 Å². The number of carbonyl (C=O) groups is 1. The molecule has 2 aliphatic heterocycles. The molecule has 0 unspecified atom stereocenters. The highest BCUT2D eigenvalue weighted by Crippen LogP contribution is 2.65. The highest BCUT2D eigenvalue weighted by molar-refractivity contribution is 6.04. The molecule has 4 aromatic rings. The van der Waals surface area contributed by atoms with Crippen molar-refractivity contribution in [1.29, 1.82) is 5.26 Å². The molecule has 6 rings (SSSR count). The lowest BCUT2D eigenvalue weighted by atomic mass is 9.77. The van der Waals surface area contributed by atoms with Gasteiger partial charge in [0.2, 0.25) is 11.8 Å². The van der Waals surface area contributed by atoms with Crippen LogP contribution < -0.4 is 0 Å². The maximum Gasteiger partial charge on any atom is 0.205 e. The Hall–Kier alpha value is -4.34. The van der Waals surface area contributed by atoms with Crippen molar-refractivity contribution in [3.63, 3.8) is 0 Å².